The third kappa shape index (κ3) is 2.33. The Hall–Kier alpha value is -2.11. The molecule has 108 valence electrons. The number of nitrogen functional groups attached to an aromatic ring is 1. The Morgan fingerprint density at radius 2 is 2.25 bits per heavy atom. The Morgan fingerprint density at radius 1 is 1.50 bits per heavy atom. The zero-order valence-corrected chi connectivity index (χ0v) is 11.5. The third-order valence-corrected chi connectivity index (χ3v) is 3.80. The summed E-state index contributed by atoms with van der Waals surface area (Å²) < 4.78 is 0. The standard InChI is InChI=1S/C14H19N3O3/c1-2-6-14(13(19)20)7-3-8-17(14)12(18)11-5-4-10(15)9-16-11/h4-5,9H,2-3,6-8,15H2,1H3,(H,19,20). The van der Waals surface area contributed by atoms with Crippen LogP contribution in [-0.2, 0) is 4.79 Å². The van der Waals surface area contributed by atoms with Gasteiger partial charge in [-0.15, -0.1) is 0 Å². The predicted octanol–water partition coefficient (Wildman–Crippen LogP) is 1.52. The van der Waals surface area contributed by atoms with Crippen LogP contribution in [-0.4, -0.2) is 39.0 Å². The van der Waals surface area contributed by atoms with Crippen molar-refractivity contribution in [3.8, 4) is 0 Å². The number of amides is 1. The number of nitrogens with two attached hydrogens (primary N) is 1. The van der Waals surface area contributed by atoms with Gasteiger partial charge in [0.15, 0.2) is 0 Å². The lowest BCUT2D eigenvalue weighted by molar-refractivity contribution is -0.148. The fourth-order valence-electron chi connectivity index (χ4n) is 2.85. The van der Waals surface area contributed by atoms with E-state index in [0.717, 1.165) is 0 Å². The molecule has 1 aliphatic rings. The van der Waals surface area contributed by atoms with Crippen LogP contribution in [0.5, 0.6) is 0 Å². The molecule has 1 atom stereocenters. The average molecular weight is 277 g/mol. The van der Waals surface area contributed by atoms with E-state index in [2.05, 4.69) is 4.98 Å². The molecule has 1 aromatic heterocycles. The number of carbonyl (C=O) groups excluding carboxylic acids is 1. The van der Waals surface area contributed by atoms with Crippen LogP contribution in [0.25, 0.3) is 0 Å². The van der Waals surface area contributed by atoms with Crippen molar-refractivity contribution in [3.63, 3.8) is 0 Å². The van der Waals surface area contributed by atoms with Crippen molar-refractivity contribution in [2.24, 2.45) is 0 Å². The van der Waals surface area contributed by atoms with Crippen molar-refractivity contribution in [2.45, 2.75) is 38.1 Å². The van der Waals surface area contributed by atoms with E-state index in [9.17, 15) is 14.7 Å². The predicted molar refractivity (Wildman–Crippen MR) is 74.2 cm³/mol. The molecule has 0 aliphatic carbocycles. The fraction of sp³-hybridized carbons (Fsp3) is 0.500. The molecule has 1 unspecified atom stereocenters. The number of aromatic nitrogens is 1. The van der Waals surface area contributed by atoms with Crippen LogP contribution in [0.15, 0.2) is 18.3 Å². The van der Waals surface area contributed by atoms with Crippen LogP contribution in [0.2, 0.25) is 0 Å². The van der Waals surface area contributed by atoms with Crippen LogP contribution >= 0.6 is 0 Å². The molecular formula is C14H19N3O3. The summed E-state index contributed by atoms with van der Waals surface area (Å²) in [5.74, 6) is -1.26. The minimum absolute atomic E-state index is 0.239. The molecule has 0 bridgehead atoms. The number of carboxylic acids is 1. The Kier molecular flexibility index (Phi) is 3.92. The van der Waals surface area contributed by atoms with E-state index in [-0.39, 0.29) is 11.6 Å². The highest BCUT2D eigenvalue weighted by Gasteiger charge is 2.49. The number of hydrogen-bond donors (Lipinski definition) is 2. The van der Waals surface area contributed by atoms with Crippen molar-refractivity contribution >= 4 is 17.6 Å². The normalized spacial score (nSPS) is 21.9. The van der Waals surface area contributed by atoms with E-state index in [1.807, 2.05) is 6.92 Å². The van der Waals surface area contributed by atoms with Gasteiger partial charge < -0.3 is 15.7 Å². The smallest absolute Gasteiger partial charge is 0.329 e. The maximum Gasteiger partial charge on any atom is 0.329 e. The van der Waals surface area contributed by atoms with Gasteiger partial charge in [0.25, 0.3) is 5.91 Å². The molecule has 0 saturated carbocycles. The van der Waals surface area contributed by atoms with Crippen molar-refractivity contribution in [3.05, 3.63) is 24.0 Å². The summed E-state index contributed by atoms with van der Waals surface area (Å²) in [6, 6.07) is 3.13. The molecule has 0 spiro atoms. The monoisotopic (exact) mass is 277 g/mol. The Labute approximate surface area is 117 Å². The lowest BCUT2D eigenvalue weighted by Gasteiger charge is -2.34. The third-order valence-electron chi connectivity index (χ3n) is 3.80. The number of rotatable bonds is 4. The Bertz CT molecular complexity index is 515. The van der Waals surface area contributed by atoms with E-state index in [4.69, 9.17) is 5.73 Å². The Morgan fingerprint density at radius 3 is 2.80 bits per heavy atom. The van der Waals surface area contributed by atoms with Crippen molar-refractivity contribution < 1.29 is 14.7 Å². The lowest BCUT2D eigenvalue weighted by atomic mass is 9.90. The number of nitrogens with zero attached hydrogens (tertiary/aromatic N) is 2. The largest absolute Gasteiger partial charge is 0.479 e. The van der Waals surface area contributed by atoms with E-state index in [0.29, 0.717) is 37.9 Å². The molecule has 1 saturated heterocycles. The van der Waals surface area contributed by atoms with E-state index in [1.165, 1.54) is 17.2 Å². The minimum Gasteiger partial charge on any atom is -0.479 e. The van der Waals surface area contributed by atoms with Gasteiger partial charge in [-0.3, -0.25) is 4.79 Å². The first-order valence-corrected chi connectivity index (χ1v) is 6.78. The summed E-state index contributed by atoms with van der Waals surface area (Å²) >= 11 is 0. The number of pyridine rings is 1. The van der Waals surface area contributed by atoms with Crippen LogP contribution < -0.4 is 5.73 Å². The first-order valence-electron chi connectivity index (χ1n) is 6.78. The number of carboxylic acid groups (broad SMARTS) is 1. The summed E-state index contributed by atoms with van der Waals surface area (Å²) in [4.78, 5) is 29.6. The van der Waals surface area contributed by atoms with Gasteiger partial charge in [0.05, 0.1) is 11.9 Å². The van der Waals surface area contributed by atoms with E-state index in [1.54, 1.807) is 6.07 Å². The van der Waals surface area contributed by atoms with Gasteiger partial charge in [0, 0.05) is 6.54 Å². The first-order chi connectivity index (χ1) is 9.51. The van der Waals surface area contributed by atoms with Gasteiger partial charge in [-0.1, -0.05) is 13.3 Å². The summed E-state index contributed by atoms with van der Waals surface area (Å²) in [7, 11) is 0. The molecule has 0 aromatic carbocycles. The van der Waals surface area contributed by atoms with Gasteiger partial charge in [0.1, 0.15) is 11.2 Å². The van der Waals surface area contributed by atoms with Crippen molar-refractivity contribution in [1.82, 2.24) is 9.88 Å². The zero-order valence-electron chi connectivity index (χ0n) is 11.5. The maximum atomic E-state index is 12.5. The fourth-order valence-corrected chi connectivity index (χ4v) is 2.85. The maximum absolute atomic E-state index is 12.5. The molecule has 1 aliphatic heterocycles. The van der Waals surface area contributed by atoms with Crippen LogP contribution in [0.4, 0.5) is 5.69 Å². The van der Waals surface area contributed by atoms with Gasteiger partial charge in [-0.05, 0) is 31.4 Å². The minimum atomic E-state index is -1.09. The van der Waals surface area contributed by atoms with Gasteiger partial charge in [-0.2, -0.15) is 0 Å². The average Bonchev–Trinajstić information content (AvgIpc) is 2.84. The second-order valence-corrected chi connectivity index (χ2v) is 5.12. The highest BCUT2D eigenvalue weighted by Crippen LogP contribution is 2.35. The summed E-state index contributed by atoms with van der Waals surface area (Å²) in [6.45, 7) is 2.38. The van der Waals surface area contributed by atoms with Crippen LogP contribution in [0.1, 0.15) is 43.1 Å². The SMILES string of the molecule is CCCC1(C(=O)O)CCCN1C(=O)c1ccc(N)cn1. The molecule has 2 rings (SSSR count). The summed E-state index contributed by atoms with van der Waals surface area (Å²) in [6.07, 6.45) is 3.78. The molecule has 1 aromatic rings. The van der Waals surface area contributed by atoms with Crippen LogP contribution in [0.3, 0.4) is 0 Å². The van der Waals surface area contributed by atoms with Crippen LogP contribution in [0, 0.1) is 0 Å². The van der Waals surface area contributed by atoms with Gasteiger partial charge >= 0.3 is 5.97 Å². The molecular weight excluding hydrogens is 258 g/mol. The summed E-state index contributed by atoms with van der Waals surface area (Å²) in [5, 5.41) is 9.57. The molecule has 1 amide bonds. The second-order valence-electron chi connectivity index (χ2n) is 5.12. The van der Waals surface area contributed by atoms with Crippen molar-refractivity contribution in [2.75, 3.05) is 12.3 Å². The zero-order chi connectivity index (χ0) is 14.8. The Balaban J connectivity index is 2.32. The molecule has 6 nitrogen and oxygen atoms in total. The highest BCUT2D eigenvalue weighted by molar-refractivity contribution is 5.97. The van der Waals surface area contributed by atoms with E-state index >= 15 is 0 Å². The quantitative estimate of drug-likeness (QED) is 0.869. The molecule has 6 heteroatoms. The second kappa shape index (κ2) is 5.48. The van der Waals surface area contributed by atoms with Gasteiger partial charge in [0.2, 0.25) is 0 Å². The number of anilines is 1. The first kappa shape index (κ1) is 14.3. The number of hydrogen-bond acceptors (Lipinski definition) is 4. The lowest BCUT2D eigenvalue weighted by Crippen LogP contribution is -2.53. The van der Waals surface area contributed by atoms with Gasteiger partial charge in [-0.25, -0.2) is 9.78 Å². The number of aliphatic carboxylic acids is 1. The molecule has 3 N–H and O–H groups in total. The highest BCUT2D eigenvalue weighted by atomic mass is 16.4. The molecule has 0 radical (unpaired) electrons. The number of carbonyl (C=O) groups is 2. The molecule has 2 heterocycles. The van der Waals surface area contributed by atoms with Crippen molar-refractivity contribution in [1.29, 1.82) is 0 Å². The number of likely N-dealkylation sites (tertiary alicyclic amines) is 1. The molecule has 1 fully saturated rings. The topological polar surface area (TPSA) is 96.5 Å². The molecule has 20 heavy (non-hydrogen) atoms. The summed E-state index contributed by atoms with van der Waals surface area (Å²) in [5.41, 5.74) is 5.17. The van der Waals surface area contributed by atoms with E-state index < -0.39 is 11.5 Å².